The van der Waals surface area contributed by atoms with E-state index in [1.807, 2.05) is 0 Å². The Balaban J connectivity index is 2.06. The van der Waals surface area contributed by atoms with Gasteiger partial charge in [0.2, 0.25) is 0 Å². The van der Waals surface area contributed by atoms with Crippen LogP contribution in [0.25, 0.3) is 0 Å². The van der Waals surface area contributed by atoms with Crippen LogP contribution in [0, 0.1) is 5.41 Å². The average Bonchev–Trinajstić information content (AvgIpc) is 2.27. The van der Waals surface area contributed by atoms with E-state index in [-0.39, 0.29) is 5.54 Å². The molecule has 2 rings (SSSR count). The summed E-state index contributed by atoms with van der Waals surface area (Å²) >= 11 is 0. The molecule has 1 heterocycles. The average molecular weight is 240 g/mol. The Bertz CT molecular complexity index is 270. The molecule has 0 spiro atoms. The summed E-state index contributed by atoms with van der Waals surface area (Å²) in [6, 6.07) is 0. The van der Waals surface area contributed by atoms with Crippen molar-refractivity contribution in [2.75, 3.05) is 20.1 Å². The standard InChI is InChI=1S/C14H28N2O/c1-12(2)4-6-13(15,7-5-12)14(17)8-10-16(3)11-9-14/h17H,4-11,15H2,1-3H3. The predicted octanol–water partition coefficient (Wildman–Crippen LogP) is 1.74. The van der Waals surface area contributed by atoms with E-state index in [2.05, 4.69) is 25.8 Å². The maximum atomic E-state index is 10.9. The lowest BCUT2D eigenvalue weighted by molar-refractivity contribution is -0.0975. The fourth-order valence-electron chi connectivity index (χ4n) is 3.32. The molecule has 1 aliphatic heterocycles. The van der Waals surface area contributed by atoms with Gasteiger partial charge < -0.3 is 15.7 Å². The number of hydrogen-bond acceptors (Lipinski definition) is 3. The maximum absolute atomic E-state index is 10.9. The highest BCUT2D eigenvalue weighted by Crippen LogP contribution is 2.46. The van der Waals surface area contributed by atoms with Crippen LogP contribution in [0.1, 0.15) is 52.4 Å². The highest BCUT2D eigenvalue weighted by Gasteiger charge is 2.50. The molecule has 0 aromatic rings. The fraction of sp³-hybridized carbons (Fsp3) is 1.00. The van der Waals surface area contributed by atoms with E-state index in [1.165, 1.54) is 0 Å². The van der Waals surface area contributed by atoms with Crippen molar-refractivity contribution in [3.8, 4) is 0 Å². The third-order valence-corrected chi connectivity index (χ3v) is 5.24. The van der Waals surface area contributed by atoms with E-state index in [9.17, 15) is 5.11 Å². The lowest BCUT2D eigenvalue weighted by Gasteiger charge is -2.53. The molecule has 17 heavy (non-hydrogen) atoms. The first-order valence-electron chi connectivity index (χ1n) is 6.96. The molecule has 0 aromatic heterocycles. The van der Waals surface area contributed by atoms with E-state index in [0.717, 1.165) is 51.6 Å². The number of hydrogen-bond donors (Lipinski definition) is 2. The second-order valence-electron chi connectivity index (χ2n) is 7.16. The van der Waals surface area contributed by atoms with Crippen LogP contribution >= 0.6 is 0 Å². The Morgan fingerprint density at radius 2 is 1.41 bits per heavy atom. The third-order valence-electron chi connectivity index (χ3n) is 5.24. The van der Waals surface area contributed by atoms with Crippen LogP contribution < -0.4 is 5.73 Å². The summed E-state index contributed by atoms with van der Waals surface area (Å²) in [4.78, 5) is 2.28. The third kappa shape index (κ3) is 2.51. The van der Waals surface area contributed by atoms with Gasteiger partial charge in [0, 0.05) is 18.6 Å². The Morgan fingerprint density at radius 3 is 1.88 bits per heavy atom. The first-order chi connectivity index (χ1) is 7.77. The lowest BCUT2D eigenvalue weighted by atomic mass is 9.61. The van der Waals surface area contributed by atoms with Crippen molar-refractivity contribution in [3.63, 3.8) is 0 Å². The van der Waals surface area contributed by atoms with E-state index < -0.39 is 5.60 Å². The molecular weight excluding hydrogens is 212 g/mol. The quantitative estimate of drug-likeness (QED) is 0.734. The zero-order valence-corrected chi connectivity index (χ0v) is 11.6. The van der Waals surface area contributed by atoms with Crippen LogP contribution in [-0.4, -0.2) is 41.3 Å². The molecule has 3 heteroatoms. The Kier molecular flexibility index (Phi) is 3.30. The van der Waals surface area contributed by atoms with E-state index in [1.54, 1.807) is 0 Å². The van der Waals surface area contributed by atoms with Gasteiger partial charge in [-0.1, -0.05) is 13.8 Å². The summed E-state index contributed by atoms with van der Waals surface area (Å²) in [5, 5.41) is 10.9. The SMILES string of the molecule is CN1CCC(O)(C2(N)CCC(C)(C)CC2)CC1. The summed E-state index contributed by atoms with van der Waals surface area (Å²) < 4.78 is 0. The minimum atomic E-state index is -0.629. The normalized spacial score (nSPS) is 32.3. The molecule has 0 unspecified atom stereocenters. The number of aliphatic hydroxyl groups is 1. The monoisotopic (exact) mass is 240 g/mol. The molecule has 3 nitrogen and oxygen atoms in total. The lowest BCUT2D eigenvalue weighted by Crippen LogP contribution is -2.65. The molecule has 1 aliphatic carbocycles. The van der Waals surface area contributed by atoms with Crippen LogP contribution in [0.4, 0.5) is 0 Å². The van der Waals surface area contributed by atoms with Crippen LogP contribution in [0.5, 0.6) is 0 Å². The van der Waals surface area contributed by atoms with Gasteiger partial charge in [-0.3, -0.25) is 0 Å². The van der Waals surface area contributed by atoms with Crippen LogP contribution in [0.3, 0.4) is 0 Å². The van der Waals surface area contributed by atoms with Gasteiger partial charge in [0.15, 0.2) is 0 Å². The summed E-state index contributed by atoms with van der Waals surface area (Å²) in [6.07, 6.45) is 5.89. The molecule has 2 fully saturated rings. The van der Waals surface area contributed by atoms with Crippen molar-refractivity contribution < 1.29 is 5.11 Å². The smallest absolute Gasteiger partial charge is 0.0850 e. The van der Waals surface area contributed by atoms with Crippen molar-refractivity contribution in [2.24, 2.45) is 11.1 Å². The second kappa shape index (κ2) is 4.22. The number of rotatable bonds is 1. The van der Waals surface area contributed by atoms with Crippen LogP contribution in [-0.2, 0) is 0 Å². The molecule has 1 saturated heterocycles. The zero-order chi connectivity index (χ0) is 12.7. The molecule has 1 saturated carbocycles. The number of likely N-dealkylation sites (tertiary alicyclic amines) is 1. The van der Waals surface area contributed by atoms with Gasteiger partial charge in [0.1, 0.15) is 0 Å². The van der Waals surface area contributed by atoms with Gasteiger partial charge in [-0.15, -0.1) is 0 Å². The van der Waals surface area contributed by atoms with Crippen molar-refractivity contribution in [1.82, 2.24) is 4.90 Å². The molecule has 0 amide bonds. The molecule has 2 aliphatic rings. The Labute approximate surface area is 105 Å². The molecule has 0 aromatic carbocycles. The van der Waals surface area contributed by atoms with Crippen molar-refractivity contribution in [2.45, 2.75) is 63.5 Å². The van der Waals surface area contributed by atoms with Gasteiger partial charge >= 0.3 is 0 Å². The maximum Gasteiger partial charge on any atom is 0.0850 e. The predicted molar refractivity (Wildman–Crippen MR) is 70.8 cm³/mol. The van der Waals surface area contributed by atoms with Crippen molar-refractivity contribution >= 4 is 0 Å². The minimum Gasteiger partial charge on any atom is -0.388 e. The van der Waals surface area contributed by atoms with E-state index >= 15 is 0 Å². The van der Waals surface area contributed by atoms with Crippen LogP contribution in [0.2, 0.25) is 0 Å². The van der Waals surface area contributed by atoms with Gasteiger partial charge in [-0.25, -0.2) is 0 Å². The highest BCUT2D eigenvalue weighted by molar-refractivity contribution is 5.08. The molecule has 0 atom stereocenters. The molecule has 3 N–H and O–H groups in total. The van der Waals surface area contributed by atoms with E-state index in [4.69, 9.17) is 5.73 Å². The Hall–Kier alpha value is -0.120. The van der Waals surface area contributed by atoms with Gasteiger partial charge in [0.05, 0.1) is 5.60 Å². The molecule has 0 radical (unpaired) electrons. The number of piperidine rings is 1. The van der Waals surface area contributed by atoms with E-state index in [0.29, 0.717) is 5.41 Å². The first kappa shape index (κ1) is 13.3. The summed E-state index contributed by atoms with van der Waals surface area (Å²) in [5.41, 5.74) is 6.00. The first-order valence-corrected chi connectivity index (χ1v) is 6.96. The van der Waals surface area contributed by atoms with Gasteiger partial charge in [-0.05, 0) is 51.0 Å². The van der Waals surface area contributed by atoms with Crippen LogP contribution in [0.15, 0.2) is 0 Å². The molecule has 100 valence electrons. The topological polar surface area (TPSA) is 49.5 Å². The van der Waals surface area contributed by atoms with Crippen molar-refractivity contribution in [3.05, 3.63) is 0 Å². The minimum absolute atomic E-state index is 0.343. The van der Waals surface area contributed by atoms with Gasteiger partial charge in [-0.2, -0.15) is 0 Å². The second-order valence-corrected chi connectivity index (χ2v) is 7.16. The largest absolute Gasteiger partial charge is 0.388 e. The van der Waals surface area contributed by atoms with Crippen molar-refractivity contribution in [1.29, 1.82) is 0 Å². The Morgan fingerprint density at radius 1 is 0.941 bits per heavy atom. The summed E-state index contributed by atoms with van der Waals surface area (Å²) in [6.45, 7) is 6.56. The number of nitrogens with two attached hydrogens (primary N) is 1. The van der Waals surface area contributed by atoms with Gasteiger partial charge in [0.25, 0.3) is 0 Å². The molecular formula is C14H28N2O. The number of nitrogens with zero attached hydrogens (tertiary/aromatic N) is 1. The summed E-state index contributed by atoms with van der Waals surface area (Å²) in [7, 11) is 2.12. The highest BCUT2D eigenvalue weighted by atomic mass is 16.3. The zero-order valence-electron chi connectivity index (χ0n) is 11.6. The fourth-order valence-corrected chi connectivity index (χ4v) is 3.32. The summed E-state index contributed by atoms with van der Waals surface area (Å²) in [5.74, 6) is 0. The molecule has 0 bridgehead atoms.